The van der Waals surface area contributed by atoms with Crippen LogP contribution in [0, 0.1) is 3.77 Å². The van der Waals surface area contributed by atoms with Crippen molar-refractivity contribution >= 4 is 73.9 Å². The van der Waals surface area contributed by atoms with Gasteiger partial charge in [-0.3, -0.25) is 0 Å². The van der Waals surface area contributed by atoms with Crippen LogP contribution >= 0.6 is 61.9 Å². The molecule has 0 aliphatic rings. The minimum Gasteiger partial charge on any atom is -0.496 e. The highest BCUT2D eigenvalue weighted by Crippen LogP contribution is 2.35. The summed E-state index contributed by atoms with van der Waals surface area (Å²) < 4.78 is 17.6. The Morgan fingerprint density at radius 3 is 2.78 bits per heavy atom. The van der Waals surface area contributed by atoms with E-state index in [2.05, 4.69) is 26.1 Å². The van der Waals surface area contributed by atoms with E-state index in [1.165, 1.54) is 13.2 Å². The Morgan fingerprint density at radius 1 is 1.37 bits per heavy atom. The van der Waals surface area contributed by atoms with E-state index in [-0.39, 0.29) is 16.0 Å². The van der Waals surface area contributed by atoms with Crippen molar-refractivity contribution < 1.29 is 23.5 Å². The highest BCUT2D eigenvalue weighted by atomic mass is 127. The molecule has 0 unspecified atom stereocenters. The van der Waals surface area contributed by atoms with Crippen molar-refractivity contribution in [2.45, 2.75) is 5.22 Å². The molecule has 0 radical (unpaired) electrons. The van der Waals surface area contributed by atoms with Crippen LogP contribution in [0.3, 0.4) is 0 Å². The summed E-state index contributed by atoms with van der Waals surface area (Å²) in [5.74, 6) is -0.101. The van der Waals surface area contributed by atoms with Crippen LogP contribution < -0.4 is 4.74 Å². The highest BCUT2D eigenvalue weighted by molar-refractivity contribution is 14.1. The molecule has 11 heteroatoms. The second-order valence-corrected chi connectivity index (χ2v) is 8.17. The van der Waals surface area contributed by atoms with Crippen LogP contribution in [0.2, 0.25) is 5.02 Å². The highest BCUT2D eigenvalue weighted by Gasteiger charge is 2.19. The first-order valence-electron chi connectivity index (χ1n) is 7.12. The molecule has 7 nitrogen and oxygen atoms in total. The van der Waals surface area contributed by atoms with Crippen molar-refractivity contribution in [1.29, 1.82) is 0 Å². The maximum Gasteiger partial charge on any atom is 0.342 e. The lowest BCUT2D eigenvalue weighted by Crippen LogP contribution is -1.96. The van der Waals surface area contributed by atoms with Crippen molar-refractivity contribution in [3.8, 4) is 17.2 Å². The smallest absolute Gasteiger partial charge is 0.342 e. The molecule has 0 aliphatic carbocycles. The third kappa shape index (κ3) is 4.86. The Labute approximate surface area is 184 Å². The van der Waals surface area contributed by atoms with Crippen molar-refractivity contribution in [2.75, 3.05) is 7.11 Å². The van der Waals surface area contributed by atoms with Gasteiger partial charge in [0.1, 0.15) is 16.4 Å². The molecule has 2 heterocycles. The largest absolute Gasteiger partial charge is 0.496 e. The molecular formula is C16H9BrClIN2O5S. The average Bonchev–Trinajstić information content (AvgIpc) is 3.21. The Hall–Kier alpha value is -1.50. The Morgan fingerprint density at radius 2 is 2.15 bits per heavy atom. The van der Waals surface area contributed by atoms with E-state index in [1.807, 2.05) is 22.6 Å². The molecule has 0 saturated carbocycles. The molecule has 3 rings (SSSR count). The first kappa shape index (κ1) is 20.2. The molecule has 0 spiro atoms. The van der Waals surface area contributed by atoms with Gasteiger partial charge in [-0.1, -0.05) is 11.6 Å². The van der Waals surface area contributed by atoms with Gasteiger partial charge in [0.05, 0.1) is 17.1 Å². The van der Waals surface area contributed by atoms with Gasteiger partial charge in [-0.2, -0.15) is 0 Å². The van der Waals surface area contributed by atoms with Crippen molar-refractivity contribution in [3.63, 3.8) is 0 Å². The van der Waals surface area contributed by atoms with E-state index in [0.717, 1.165) is 16.2 Å². The number of carboxylic acid groups (broad SMARTS) is 1. The number of ether oxygens (including phenoxy) is 1. The number of aliphatic carboxylic acids is 1. The fraction of sp³-hybridized carbons (Fsp3) is 0.0625. The van der Waals surface area contributed by atoms with Gasteiger partial charge in [-0.15, -0.1) is 10.2 Å². The SMILES string of the molecule is COc1ccc(Cl)cc1-c1nnc(S/C(=C\c2cc(Br)c(I)o2)C(=O)O)o1. The van der Waals surface area contributed by atoms with Gasteiger partial charge in [-0.05, 0) is 52.0 Å². The molecule has 1 aromatic carbocycles. The molecular weight excluding hydrogens is 575 g/mol. The second-order valence-electron chi connectivity index (χ2n) is 4.90. The van der Waals surface area contributed by atoms with Crippen LogP contribution in [0.4, 0.5) is 0 Å². The van der Waals surface area contributed by atoms with Crippen LogP contribution in [0.5, 0.6) is 5.75 Å². The zero-order valence-electron chi connectivity index (χ0n) is 13.4. The predicted molar refractivity (Wildman–Crippen MR) is 112 cm³/mol. The minimum atomic E-state index is -1.15. The van der Waals surface area contributed by atoms with Crippen LogP contribution in [0.15, 0.2) is 47.7 Å². The Balaban J connectivity index is 1.89. The fourth-order valence-corrected chi connectivity index (χ4v) is 3.54. The number of carboxylic acids is 1. The van der Waals surface area contributed by atoms with Crippen LogP contribution in [0.1, 0.15) is 5.76 Å². The predicted octanol–water partition coefficient (Wildman–Crippen LogP) is 5.58. The number of carbonyl (C=O) groups is 1. The van der Waals surface area contributed by atoms with E-state index in [4.69, 9.17) is 25.2 Å². The third-order valence-electron chi connectivity index (χ3n) is 3.14. The zero-order chi connectivity index (χ0) is 19.6. The molecule has 3 aromatic rings. The van der Waals surface area contributed by atoms with Crippen LogP contribution in [-0.4, -0.2) is 28.4 Å². The van der Waals surface area contributed by atoms with Crippen LogP contribution in [0.25, 0.3) is 17.5 Å². The maximum absolute atomic E-state index is 11.6. The molecule has 27 heavy (non-hydrogen) atoms. The van der Waals surface area contributed by atoms with E-state index >= 15 is 0 Å². The minimum absolute atomic E-state index is 0.0408. The number of hydrogen-bond acceptors (Lipinski definition) is 7. The average molecular weight is 584 g/mol. The number of hydrogen-bond donors (Lipinski definition) is 1. The summed E-state index contributed by atoms with van der Waals surface area (Å²) in [6.45, 7) is 0. The second kappa shape index (κ2) is 8.67. The lowest BCUT2D eigenvalue weighted by Gasteiger charge is -2.04. The molecule has 0 atom stereocenters. The number of nitrogens with zero attached hydrogens (tertiary/aromatic N) is 2. The Kier molecular flexibility index (Phi) is 6.50. The van der Waals surface area contributed by atoms with Crippen LogP contribution in [-0.2, 0) is 4.79 Å². The van der Waals surface area contributed by atoms with Gasteiger partial charge in [-0.25, -0.2) is 4.79 Å². The molecule has 0 aliphatic heterocycles. The summed E-state index contributed by atoms with van der Waals surface area (Å²) in [6.07, 6.45) is 1.38. The monoisotopic (exact) mass is 582 g/mol. The fourth-order valence-electron chi connectivity index (χ4n) is 2.00. The number of aromatic nitrogens is 2. The van der Waals surface area contributed by atoms with Gasteiger partial charge in [0.25, 0.3) is 11.1 Å². The molecule has 2 aromatic heterocycles. The van der Waals surface area contributed by atoms with Gasteiger partial charge in [0.15, 0.2) is 3.77 Å². The van der Waals surface area contributed by atoms with Gasteiger partial charge < -0.3 is 18.7 Å². The number of thioether (sulfide) groups is 1. The first-order chi connectivity index (χ1) is 12.9. The number of halogens is 3. The molecule has 0 fully saturated rings. The topological polar surface area (TPSA) is 98.6 Å². The van der Waals surface area contributed by atoms with Gasteiger partial charge >= 0.3 is 5.97 Å². The Bertz CT molecular complexity index is 1020. The van der Waals surface area contributed by atoms with E-state index in [1.54, 1.807) is 24.3 Å². The number of methoxy groups -OCH3 is 1. The molecule has 140 valence electrons. The van der Waals surface area contributed by atoms with Crippen molar-refractivity contribution in [1.82, 2.24) is 10.2 Å². The summed E-state index contributed by atoms with van der Waals surface area (Å²) in [4.78, 5) is 11.5. The maximum atomic E-state index is 11.6. The summed E-state index contributed by atoms with van der Waals surface area (Å²) in [5.41, 5.74) is 0.509. The zero-order valence-corrected chi connectivity index (χ0v) is 18.7. The molecule has 1 N–H and O–H groups in total. The van der Waals surface area contributed by atoms with E-state index in [0.29, 0.717) is 25.9 Å². The van der Waals surface area contributed by atoms with Gasteiger partial charge in [0, 0.05) is 33.7 Å². The quantitative estimate of drug-likeness (QED) is 0.228. The summed E-state index contributed by atoms with van der Waals surface area (Å²) >= 11 is 12.1. The number of rotatable bonds is 6. The molecule has 0 amide bonds. The summed E-state index contributed by atoms with van der Waals surface area (Å²) in [6, 6.07) is 6.64. The normalized spacial score (nSPS) is 11.6. The first-order valence-corrected chi connectivity index (χ1v) is 10.2. The summed E-state index contributed by atoms with van der Waals surface area (Å²) in [7, 11) is 1.51. The van der Waals surface area contributed by atoms with Crippen molar-refractivity contribution in [2.24, 2.45) is 0 Å². The van der Waals surface area contributed by atoms with Gasteiger partial charge in [0.2, 0.25) is 0 Å². The molecule has 0 saturated heterocycles. The third-order valence-corrected chi connectivity index (χ3v) is 6.36. The lowest BCUT2D eigenvalue weighted by atomic mass is 10.2. The summed E-state index contributed by atoms with van der Waals surface area (Å²) in [5, 5.41) is 17.8. The lowest BCUT2D eigenvalue weighted by molar-refractivity contribution is -0.131. The van der Waals surface area contributed by atoms with E-state index < -0.39 is 5.97 Å². The number of benzene rings is 1. The number of furan rings is 1. The van der Waals surface area contributed by atoms with Crippen molar-refractivity contribution in [3.05, 3.63) is 48.2 Å². The van der Waals surface area contributed by atoms with E-state index in [9.17, 15) is 9.90 Å². The standard InChI is InChI=1S/C16H9BrClIN2O5S/c1-24-11-3-2-7(18)4-9(11)14-20-21-16(26-14)27-12(15(22)23)6-8-5-10(17)13(19)25-8/h2-6H,1H3,(H,22,23)/b12-6-. The molecule has 0 bridgehead atoms.